The highest BCUT2D eigenvalue weighted by atomic mass is 79.9. The Hall–Kier alpha value is -0.390. The number of nitrogens with one attached hydrogen (secondary N) is 1. The maximum atomic E-state index is 11.4. The summed E-state index contributed by atoms with van der Waals surface area (Å²) in [4.78, 5) is 12.7. The number of amides is 1. The van der Waals surface area contributed by atoms with Crippen LogP contribution in [0.15, 0.2) is 15.9 Å². The van der Waals surface area contributed by atoms with Crippen molar-refractivity contribution in [3.63, 3.8) is 0 Å². The van der Waals surface area contributed by atoms with Crippen molar-refractivity contribution in [1.82, 2.24) is 5.32 Å². The quantitative estimate of drug-likeness (QED) is 0.846. The highest BCUT2D eigenvalue weighted by Gasteiger charge is 2.06. The Kier molecular flexibility index (Phi) is 6.01. The number of thiophene rings is 1. The highest BCUT2D eigenvalue weighted by Crippen LogP contribution is 2.21. The van der Waals surface area contributed by atoms with Crippen molar-refractivity contribution in [3.05, 3.63) is 20.8 Å². The number of rotatable bonds is 6. The summed E-state index contributed by atoms with van der Waals surface area (Å²) in [7, 11) is 0. The fourth-order valence-corrected chi connectivity index (χ4v) is 2.77. The molecule has 0 aliphatic carbocycles. The summed E-state index contributed by atoms with van der Waals surface area (Å²) in [6.07, 6.45) is 1.41. The molecule has 1 rings (SSSR count). The molecule has 0 aromatic carbocycles. The molecule has 1 unspecified atom stereocenters. The SMILES string of the molecule is CC(CN)CC(=O)NCCc1ccc(Br)s1. The minimum Gasteiger partial charge on any atom is -0.356 e. The molecule has 5 heteroatoms. The van der Waals surface area contributed by atoms with Crippen molar-refractivity contribution in [2.75, 3.05) is 13.1 Å². The largest absolute Gasteiger partial charge is 0.356 e. The topological polar surface area (TPSA) is 55.1 Å². The second-order valence-corrected chi connectivity index (χ2v) is 6.40. The average Bonchev–Trinajstić information content (AvgIpc) is 2.64. The van der Waals surface area contributed by atoms with Crippen LogP contribution >= 0.6 is 27.3 Å². The van der Waals surface area contributed by atoms with E-state index in [1.165, 1.54) is 4.88 Å². The molecule has 0 fully saturated rings. The fourth-order valence-electron chi connectivity index (χ4n) is 1.28. The Morgan fingerprint density at radius 3 is 2.94 bits per heavy atom. The Labute approximate surface area is 109 Å². The lowest BCUT2D eigenvalue weighted by Gasteiger charge is -2.08. The number of halogens is 1. The fraction of sp³-hybridized carbons (Fsp3) is 0.545. The molecular formula is C11H17BrN2OS. The molecule has 0 saturated heterocycles. The molecule has 0 spiro atoms. The van der Waals surface area contributed by atoms with E-state index in [1.807, 2.05) is 13.0 Å². The third kappa shape index (κ3) is 5.09. The van der Waals surface area contributed by atoms with Crippen molar-refractivity contribution < 1.29 is 4.79 Å². The van der Waals surface area contributed by atoms with Crippen molar-refractivity contribution >= 4 is 33.2 Å². The second-order valence-electron chi connectivity index (χ2n) is 3.85. The molecule has 1 atom stereocenters. The summed E-state index contributed by atoms with van der Waals surface area (Å²) in [5.41, 5.74) is 5.46. The van der Waals surface area contributed by atoms with Crippen LogP contribution in [0.4, 0.5) is 0 Å². The normalized spacial score (nSPS) is 12.4. The summed E-state index contributed by atoms with van der Waals surface area (Å²) in [5.74, 6) is 0.351. The molecule has 1 amide bonds. The predicted octanol–water partition coefficient (Wildman–Crippen LogP) is 2.15. The van der Waals surface area contributed by atoms with Crippen LogP contribution in [0.2, 0.25) is 0 Å². The number of carbonyl (C=O) groups is 1. The van der Waals surface area contributed by atoms with Crippen molar-refractivity contribution in [2.24, 2.45) is 11.7 Å². The van der Waals surface area contributed by atoms with E-state index in [0.717, 1.165) is 10.2 Å². The van der Waals surface area contributed by atoms with Crippen LogP contribution in [0.3, 0.4) is 0 Å². The molecule has 90 valence electrons. The third-order valence-electron chi connectivity index (χ3n) is 2.26. The standard InChI is InChI=1S/C11H17BrN2OS/c1-8(7-13)6-11(15)14-5-4-9-2-3-10(12)16-9/h2-3,8H,4-7,13H2,1H3,(H,14,15). The van der Waals surface area contributed by atoms with Crippen LogP contribution < -0.4 is 11.1 Å². The van der Waals surface area contributed by atoms with Gasteiger partial charge in [0.15, 0.2) is 0 Å². The van der Waals surface area contributed by atoms with Crippen LogP contribution in [0.5, 0.6) is 0 Å². The summed E-state index contributed by atoms with van der Waals surface area (Å²) in [6.45, 7) is 3.24. The minimum absolute atomic E-state index is 0.0913. The van der Waals surface area contributed by atoms with Gasteiger partial charge in [0.1, 0.15) is 0 Å². The number of hydrogen-bond acceptors (Lipinski definition) is 3. The van der Waals surface area contributed by atoms with Gasteiger partial charge in [0.25, 0.3) is 0 Å². The van der Waals surface area contributed by atoms with Crippen LogP contribution in [0.1, 0.15) is 18.2 Å². The molecule has 0 aliphatic heterocycles. The first-order valence-corrected chi connectivity index (χ1v) is 6.93. The van der Waals surface area contributed by atoms with Gasteiger partial charge in [0, 0.05) is 17.8 Å². The summed E-state index contributed by atoms with van der Waals surface area (Å²) >= 11 is 5.12. The Morgan fingerprint density at radius 2 is 2.38 bits per heavy atom. The molecule has 0 bridgehead atoms. The lowest BCUT2D eigenvalue weighted by molar-refractivity contribution is -0.121. The van der Waals surface area contributed by atoms with E-state index < -0.39 is 0 Å². The zero-order valence-electron chi connectivity index (χ0n) is 9.33. The van der Waals surface area contributed by atoms with Gasteiger partial charge >= 0.3 is 0 Å². The van der Waals surface area contributed by atoms with Crippen molar-refractivity contribution in [2.45, 2.75) is 19.8 Å². The van der Waals surface area contributed by atoms with Gasteiger partial charge in [-0.25, -0.2) is 0 Å². The second kappa shape index (κ2) is 7.04. The number of hydrogen-bond donors (Lipinski definition) is 2. The van der Waals surface area contributed by atoms with Crippen LogP contribution in [0, 0.1) is 5.92 Å². The van der Waals surface area contributed by atoms with E-state index in [4.69, 9.17) is 5.73 Å². The van der Waals surface area contributed by atoms with Gasteiger partial charge in [0.2, 0.25) is 5.91 Å². The van der Waals surface area contributed by atoms with Gasteiger partial charge in [-0.15, -0.1) is 11.3 Å². The highest BCUT2D eigenvalue weighted by molar-refractivity contribution is 9.11. The van der Waals surface area contributed by atoms with Crippen LogP contribution in [-0.4, -0.2) is 19.0 Å². The van der Waals surface area contributed by atoms with Gasteiger partial charge in [0.05, 0.1) is 3.79 Å². The summed E-state index contributed by atoms with van der Waals surface area (Å²) < 4.78 is 1.13. The van der Waals surface area contributed by atoms with E-state index in [0.29, 0.717) is 19.5 Å². The lowest BCUT2D eigenvalue weighted by atomic mass is 10.1. The Morgan fingerprint density at radius 1 is 1.62 bits per heavy atom. The maximum absolute atomic E-state index is 11.4. The van der Waals surface area contributed by atoms with Gasteiger partial charge in [-0.1, -0.05) is 6.92 Å². The molecule has 16 heavy (non-hydrogen) atoms. The zero-order valence-corrected chi connectivity index (χ0v) is 11.7. The molecule has 0 saturated carbocycles. The maximum Gasteiger partial charge on any atom is 0.220 e. The molecule has 3 N–H and O–H groups in total. The minimum atomic E-state index is 0.0913. The van der Waals surface area contributed by atoms with Gasteiger partial charge < -0.3 is 11.1 Å². The molecule has 1 aromatic heterocycles. The van der Waals surface area contributed by atoms with Crippen LogP contribution in [-0.2, 0) is 11.2 Å². The first-order valence-electron chi connectivity index (χ1n) is 5.32. The van der Waals surface area contributed by atoms with Crippen molar-refractivity contribution in [3.8, 4) is 0 Å². The van der Waals surface area contributed by atoms with Crippen LogP contribution in [0.25, 0.3) is 0 Å². The first-order chi connectivity index (χ1) is 7.61. The van der Waals surface area contributed by atoms with Crippen molar-refractivity contribution in [1.29, 1.82) is 0 Å². The monoisotopic (exact) mass is 304 g/mol. The van der Waals surface area contributed by atoms with E-state index in [-0.39, 0.29) is 11.8 Å². The Balaban J connectivity index is 2.18. The van der Waals surface area contributed by atoms with E-state index in [1.54, 1.807) is 11.3 Å². The molecular weight excluding hydrogens is 288 g/mol. The third-order valence-corrected chi connectivity index (χ3v) is 3.94. The molecule has 3 nitrogen and oxygen atoms in total. The van der Waals surface area contributed by atoms with E-state index >= 15 is 0 Å². The van der Waals surface area contributed by atoms with Gasteiger partial charge in [-0.2, -0.15) is 0 Å². The van der Waals surface area contributed by atoms with Gasteiger partial charge in [-0.05, 0) is 46.9 Å². The number of nitrogens with two attached hydrogens (primary N) is 1. The molecule has 1 heterocycles. The molecule has 0 aliphatic rings. The predicted molar refractivity (Wildman–Crippen MR) is 71.6 cm³/mol. The average molecular weight is 305 g/mol. The van der Waals surface area contributed by atoms with E-state index in [2.05, 4.69) is 27.3 Å². The molecule has 1 aromatic rings. The Bertz CT molecular complexity index is 340. The smallest absolute Gasteiger partial charge is 0.220 e. The molecule has 0 radical (unpaired) electrons. The first kappa shape index (κ1) is 13.7. The lowest BCUT2D eigenvalue weighted by Crippen LogP contribution is -2.28. The number of carbonyl (C=O) groups excluding carboxylic acids is 1. The zero-order chi connectivity index (χ0) is 12.0. The van der Waals surface area contributed by atoms with Gasteiger partial charge in [-0.3, -0.25) is 4.79 Å². The van der Waals surface area contributed by atoms with E-state index in [9.17, 15) is 4.79 Å². The summed E-state index contributed by atoms with van der Waals surface area (Å²) in [6, 6.07) is 4.10. The summed E-state index contributed by atoms with van der Waals surface area (Å²) in [5, 5.41) is 2.90.